The fourth-order valence-electron chi connectivity index (χ4n) is 1.17. The van der Waals surface area contributed by atoms with Crippen molar-refractivity contribution in [3.63, 3.8) is 0 Å². The van der Waals surface area contributed by atoms with Crippen molar-refractivity contribution in [2.45, 2.75) is 0 Å². The first kappa shape index (κ1) is 11.6. The van der Waals surface area contributed by atoms with E-state index in [1.165, 1.54) is 0 Å². The zero-order chi connectivity index (χ0) is 11.5. The molecule has 0 bridgehead atoms. The van der Waals surface area contributed by atoms with E-state index in [1.807, 2.05) is 0 Å². The average Bonchev–Trinajstić information content (AvgIpc) is 2.61. The van der Waals surface area contributed by atoms with Crippen molar-refractivity contribution in [1.82, 2.24) is 14.6 Å². The summed E-state index contributed by atoms with van der Waals surface area (Å²) >= 11 is 9.32. The summed E-state index contributed by atoms with van der Waals surface area (Å²) in [6, 6.07) is 1.70. The normalized spacial score (nSPS) is 10.9. The van der Waals surface area contributed by atoms with Crippen molar-refractivity contribution in [2.24, 2.45) is 0 Å². The molecule has 0 aliphatic heterocycles. The van der Waals surface area contributed by atoms with Crippen LogP contribution in [0, 0.1) is 0 Å². The molecule has 0 aliphatic rings. The summed E-state index contributed by atoms with van der Waals surface area (Å²) in [6.07, 6.45) is 1.65. The number of imidazole rings is 1. The fraction of sp³-hybridized carbons (Fsp3) is 0.333. The van der Waals surface area contributed by atoms with Crippen LogP contribution in [0.5, 0.6) is 5.88 Å². The lowest BCUT2D eigenvalue weighted by Gasteiger charge is -2.06. The van der Waals surface area contributed by atoms with Gasteiger partial charge in [0, 0.05) is 13.2 Å². The molecule has 0 radical (unpaired) electrons. The Morgan fingerprint density at radius 2 is 2.31 bits per heavy atom. The Bertz CT molecular complexity index is 503. The number of halogens is 2. The van der Waals surface area contributed by atoms with Gasteiger partial charge in [-0.1, -0.05) is 11.6 Å². The molecule has 0 fully saturated rings. The van der Waals surface area contributed by atoms with Crippen LogP contribution in [0.25, 0.3) is 5.65 Å². The summed E-state index contributed by atoms with van der Waals surface area (Å²) in [5.41, 5.74) is 0.663. The molecule has 7 heteroatoms. The van der Waals surface area contributed by atoms with Crippen LogP contribution in [-0.4, -0.2) is 34.9 Å². The molecule has 0 atom stereocenters. The van der Waals surface area contributed by atoms with Crippen LogP contribution >= 0.6 is 27.5 Å². The minimum atomic E-state index is 0.366. The van der Waals surface area contributed by atoms with Crippen LogP contribution in [-0.2, 0) is 4.74 Å². The van der Waals surface area contributed by atoms with Crippen molar-refractivity contribution in [3.8, 4) is 5.88 Å². The Morgan fingerprint density at radius 3 is 3.06 bits per heavy atom. The van der Waals surface area contributed by atoms with Gasteiger partial charge in [0.25, 0.3) is 5.88 Å². The predicted molar refractivity (Wildman–Crippen MR) is 63.1 cm³/mol. The van der Waals surface area contributed by atoms with Crippen molar-refractivity contribution in [1.29, 1.82) is 0 Å². The van der Waals surface area contributed by atoms with Crippen LogP contribution in [0.1, 0.15) is 0 Å². The van der Waals surface area contributed by atoms with Gasteiger partial charge in [-0.2, -0.15) is 0 Å². The molecule has 0 spiro atoms. The number of nitrogens with zero attached hydrogens (tertiary/aromatic N) is 3. The molecule has 0 aromatic carbocycles. The third-order valence-corrected chi connectivity index (χ3v) is 2.71. The lowest BCUT2D eigenvalue weighted by atomic mass is 10.5. The number of aromatic nitrogens is 3. The minimum absolute atomic E-state index is 0.366. The standard InChI is InChI=1S/C9H9BrClN3O2/c1-15-2-3-16-9-6(11)4-8-12-5-7(10)14(8)13-9/h4-5H,2-3H2,1H3. The first-order chi connectivity index (χ1) is 7.72. The molecule has 0 saturated heterocycles. The molecule has 0 N–H and O–H groups in total. The Labute approximate surface area is 105 Å². The molecule has 0 unspecified atom stereocenters. The summed E-state index contributed by atoms with van der Waals surface area (Å²) in [4.78, 5) is 4.11. The molecule has 2 aromatic heterocycles. The highest BCUT2D eigenvalue weighted by atomic mass is 79.9. The zero-order valence-corrected chi connectivity index (χ0v) is 10.8. The number of methoxy groups -OCH3 is 1. The Kier molecular flexibility index (Phi) is 3.63. The predicted octanol–water partition coefficient (Wildman–Crippen LogP) is 2.17. The van der Waals surface area contributed by atoms with Gasteiger partial charge in [-0.15, -0.1) is 5.10 Å². The molecule has 16 heavy (non-hydrogen) atoms. The van der Waals surface area contributed by atoms with E-state index in [0.717, 1.165) is 4.60 Å². The van der Waals surface area contributed by atoms with E-state index in [0.29, 0.717) is 29.8 Å². The summed E-state index contributed by atoms with van der Waals surface area (Å²) in [6.45, 7) is 0.891. The molecule has 0 saturated carbocycles. The van der Waals surface area contributed by atoms with Gasteiger partial charge in [0.1, 0.15) is 16.2 Å². The maximum atomic E-state index is 5.99. The maximum Gasteiger partial charge on any atom is 0.250 e. The lowest BCUT2D eigenvalue weighted by Crippen LogP contribution is -2.07. The number of hydrogen-bond donors (Lipinski definition) is 0. The van der Waals surface area contributed by atoms with Crippen LogP contribution < -0.4 is 4.74 Å². The average molecular weight is 307 g/mol. The van der Waals surface area contributed by atoms with Crippen LogP contribution in [0.15, 0.2) is 16.9 Å². The molecular weight excluding hydrogens is 297 g/mol. The third kappa shape index (κ3) is 2.28. The van der Waals surface area contributed by atoms with Crippen molar-refractivity contribution in [2.75, 3.05) is 20.3 Å². The van der Waals surface area contributed by atoms with Gasteiger partial charge in [0.15, 0.2) is 5.65 Å². The second-order valence-corrected chi connectivity index (χ2v) is 4.21. The zero-order valence-electron chi connectivity index (χ0n) is 8.48. The largest absolute Gasteiger partial charge is 0.473 e. The van der Waals surface area contributed by atoms with Crippen LogP contribution in [0.3, 0.4) is 0 Å². The van der Waals surface area contributed by atoms with Crippen LogP contribution in [0.4, 0.5) is 0 Å². The Morgan fingerprint density at radius 1 is 1.50 bits per heavy atom. The molecule has 2 heterocycles. The van der Waals surface area contributed by atoms with Gasteiger partial charge in [0.05, 0.1) is 12.8 Å². The van der Waals surface area contributed by atoms with E-state index in [2.05, 4.69) is 26.0 Å². The summed E-state index contributed by atoms with van der Waals surface area (Å²) in [5, 5.41) is 4.64. The van der Waals surface area contributed by atoms with Gasteiger partial charge in [-0.05, 0) is 15.9 Å². The van der Waals surface area contributed by atoms with E-state index in [-0.39, 0.29) is 0 Å². The first-order valence-electron chi connectivity index (χ1n) is 4.54. The highest BCUT2D eigenvalue weighted by Gasteiger charge is 2.09. The van der Waals surface area contributed by atoms with Gasteiger partial charge in [-0.25, -0.2) is 9.50 Å². The highest BCUT2D eigenvalue weighted by molar-refractivity contribution is 9.10. The van der Waals surface area contributed by atoms with E-state index in [1.54, 1.807) is 23.9 Å². The molecule has 0 aliphatic carbocycles. The molecule has 2 rings (SSSR count). The summed E-state index contributed by atoms with van der Waals surface area (Å²) in [5.74, 6) is 0.366. The Balaban J connectivity index is 2.29. The minimum Gasteiger partial charge on any atom is -0.473 e. The van der Waals surface area contributed by atoms with Gasteiger partial charge < -0.3 is 9.47 Å². The maximum absolute atomic E-state index is 5.99. The summed E-state index contributed by atoms with van der Waals surface area (Å²) < 4.78 is 12.6. The molecule has 0 amide bonds. The molecular formula is C9H9BrClN3O2. The quantitative estimate of drug-likeness (QED) is 0.812. The Hall–Kier alpha value is -0.850. The number of ether oxygens (including phenoxy) is 2. The second-order valence-electron chi connectivity index (χ2n) is 2.99. The topological polar surface area (TPSA) is 48.7 Å². The smallest absolute Gasteiger partial charge is 0.250 e. The molecule has 86 valence electrons. The first-order valence-corrected chi connectivity index (χ1v) is 5.71. The van der Waals surface area contributed by atoms with Crippen molar-refractivity contribution >= 4 is 33.2 Å². The number of rotatable bonds is 4. The second kappa shape index (κ2) is 4.99. The SMILES string of the molecule is COCCOc1nn2c(Br)cnc2cc1Cl. The lowest BCUT2D eigenvalue weighted by molar-refractivity contribution is 0.143. The summed E-state index contributed by atoms with van der Waals surface area (Å²) in [7, 11) is 1.61. The number of hydrogen-bond acceptors (Lipinski definition) is 4. The van der Waals surface area contributed by atoms with Gasteiger partial charge >= 0.3 is 0 Å². The van der Waals surface area contributed by atoms with E-state index in [9.17, 15) is 0 Å². The van der Waals surface area contributed by atoms with Crippen molar-refractivity contribution in [3.05, 3.63) is 21.9 Å². The van der Waals surface area contributed by atoms with Gasteiger partial charge in [-0.3, -0.25) is 0 Å². The molecule has 2 aromatic rings. The fourth-order valence-corrected chi connectivity index (χ4v) is 1.72. The van der Waals surface area contributed by atoms with E-state index >= 15 is 0 Å². The monoisotopic (exact) mass is 305 g/mol. The highest BCUT2D eigenvalue weighted by Crippen LogP contribution is 2.24. The van der Waals surface area contributed by atoms with E-state index < -0.39 is 0 Å². The van der Waals surface area contributed by atoms with E-state index in [4.69, 9.17) is 21.1 Å². The third-order valence-electron chi connectivity index (χ3n) is 1.90. The van der Waals surface area contributed by atoms with Crippen LogP contribution in [0.2, 0.25) is 5.02 Å². The van der Waals surface area contributed by atoms with Gasteiger partial charge in [0.2, 0.25) is 0 Å². The number of fused-ring (bicyclic) bond motifs is 1. The molecule has 5 nitrogen and oxygen atoms in total. The van der Waals surface area contributed by atoms with Crippen molar-refractivity contribution < 1.29 is 9.47 Å².